The summed E-state index contributed by atoms with van der Waals surface area (Å²) < 4.78 is 28.5. The Kier molecular flexibility index (Phi) is 3.46. The summed E-state index contributed by atoms with van der Waals surface area (Å²) in [5.74, 6) is 0.674. The van der Waals surface area contributed by atoms with Gasteiger partial charge in [-0.25, -0.2) is 13.1 Å². The van der Waals surface area contributed by atoms with Crippen LogP contribution in [0, 0.1) is 16.7 Å². The molecular weight excluding hydrogens is 272 g/mol. The number of piperidine rings is 1. The van der Waals surface area contributed by atoms with E-state index in [1.54, 1.807) is 0 Å². The highest BCUT2D eigenvalue weighted by atomic mass is 32.2. The molecule has 0 aromatic carbocycles. The SMILES string of the molecule is CC12CCC(C1)C(C)(C)C2NS(=O)(=O)C1CCNCC1. The van der Waals surface area contributed by atoms with Gasteiger partial charge in [0, 0.05) is 6.04 Å². The summed E-state index contributed by atoms with van der Waals surface area (Å²) in [6.07, 6.45) is 5.08. The number of sulfonamides is 1. The number of fused-ring (bicyclic) bond motifs is 2. The van der Waals surface area contributed by atoms with Crippen molar-refractivity contribution in [2.45, 2.75) is 64.2 Å². The molecule has 1 saturated heterocycles. The summed E-state index contributed by atoms with van der Waals surface area (Å²) in [5, 5.41) is 3.03. The molecule has 0 radical (unpaired) electrons. The lowest BCUT2D eigenvalue weighted by atomic mass is 9.69. The molecular formula is C15H28N2O2S. The summed E-state index contributed by atoms with van der Waals surface area (Å²) in [6.45, 7) is 8.41. The minimum Gasteiger partial charge on any atom is -0.317 e. The van der Waals surface area contributed by atoms with Crippen molar-refractivity contribution in [2.24, 2.45) is 16.7 Å². The molecule has 2 aliphatic carbocycles. The van der Waals surface area contributed by atoms with Crippen molar-refractivity contribution in [1.29, 1.82) is 0 Å². The van der Waals surface area contributed by atoms with E-state index >= 15 is 0 Å². The zero-order chi connectivity index (χ0) is 14.6. The third kappa shape index (κ3) is 2.22. The fourth-order valence-electron chi connectivity index (χ4n) is 4.96. The molecule has 0 aromatic heterocycles. The summed E-state index contributed by atoms with van der Waals surface area (Å²) in [4.78, 5) is 0. The molecule has 2 saturated carbocycles. The molecule has 3 rings (SSSR count). The monoisotopic (exact) mass is 300 g/mol. The maximum atomic E-state index is 12.7. The predicted octanol–water partition coefficient (Wildman–Crippen LogP) is 1.87. The zero-order valence-corrected chi connectivity index (χ0v) is 13.7. The van der Waals surface area contributed by atoms with E-state index in [0.717, 1.165) is 25.9 Å². The van der Waals surface area contributed by atoms with Crippen molar-refractivity contribution < 1.29 is 8.42 Å². The first kappa shape index (κ1) is 14.8. The lowest BCUT2D eigenvalue weighted by Crippen LogP contribution is -2.55. The molecule has 0 amide bonds. The van der Waals surface area contributed by atoms with Crippen LogP contribution in [0.25, 0.3) is 0 Å². The quantitative estimate of drug-likeness (QED) is 0.836. The van der Waals surface area contributed by atoms with Crippen molar-refractivity contribution in [3.05, 3.63) is 0 Å². The highest BCUT2D eigenvalue weighted by Crippen LogP contribution is 2.62. The van der Waals surface area contributed by atoms with Crippen molar-refractivity contribution in [1.82, 2.24) is 10.0 Å². The number of hydrogen-bond acceptors (Lipinski definition) is 3. The van der Waals surface area contributed by atoms with Crippen molar-refractivity contribution in [3.8, 4) is 0 Å². The lowest BCUT2D eigenvalue weighted by Gasteiger charge is -2.43. The van der Waals surface area contributed by atoms with Crippen LogP contribution in [0.3, 0.4) is 0 Å². The smallest absolute Gasteiger partial charge is 0.214 e. The zero-order valence-electron chi connectivity index (χ0n) is 12.9. The van der Waals surface area contributed by atoms with E-state index in [1.165, 1.54) is 19.3 Å². The van der Waals surface area contributed by atoms with Gasteiger partial charge in [-0.1, -0.05) is 20.8 Å². The van der Waals surface area contributed by atoms with Crippen LogP contribution in [-0.2, 0) is 10.0 Å². The Bertz CT molecular complexity index is 477. The van der Waals surface area contributed by atoms with Crippen LogP contribution in [0.2, 0.25) is 0 Å². The standard InChI is InChI=1S/C15H28N2O2S/c1-14(2)11-4-7-15(3,10-11)13(14)17-20(18,19)12-5-8-16-9-6-12/h11-13,16-17H,4-10H2,1-3H3. The second-order valence-corrected chi connectivity index (χ2v) is 9.95. The first-order valence-electron chi connectivity index (χ1n) is 7.98. The highest BCUT2D eigenvalue weighted by molar-refractivity contribution is 7.90. The molecule has 4 nitrogen and oxygen atoms in total. The maximum absolute atomic E-state index is 12.7. The Morgan fingerprint density at radius 2 is 1.75 bits per heavy atom. The molecule has 20 heavy (non-hydrogen) atoms. The molecule has 0 spiro atoms. The number of nitrogens with one attached hydrogen (secondary N) is 2. The van der Waals surface area contributed by atoms with Crippen LogP contribution in [-0.4, -0.2) is 32.8 Å². The minimum atomic E-state index is -3.19. The average molecular weight is 300 g/mol. The third-order valence-electron chi connectivity index (χ3n) is 6.28. The van der Waals surface area contributed by atoms with E-state index in [9.17, 15) is 8.42 Å². The molecule has 2 N–H and O–H groups in total. The average Bonchev–Trinajstić information content (AvgIpc) is 2.87. The maximum Gasteiger partial charge on any atom is 0.214 e. The van der Waals surface area contributed by atoms with E-state index in [1.807, 2.05) is 0 Å². The van der Waals surface area contributed by atoms with Gasteiger partial charge in [0.1, 0.15) is 0 Å². The van der Waals surface area contributed by atoms with Gasteiger partial charge >= 0.3 is 0 Å². The van der Waals surface area contributed by atoms with Gasteiger partial charge in [0.05, 0.1) is 5.25 Å². The normalized spacial score (nSPS) is 41.1. The molecule has 3 unspecified atom stereocenters. The van der Waals surface area contributed by atoms with E-state index in [2.05, 4.69) is 30.8 Å². The summed E-state index contributed by atoms with van der Waals surface area (Å²) in [7, 11) is -3.19. The second-order valence-electron chi connectivity index (χ2n) is 7.96. The van der Waals surface area contributed by atoms with Gasteiger partial charge in [-0.05, 0) is 61.9 Å². The van der Waals surface area contributed by atoms with Crippen molar-refractivity contribution in [3.63, 3.8) is 0 Å². The molecule has 0 aromatic rings. The van der Waals surface area contributed by atoms with Crippen LogP contribution >= 0.6 is 0 Å². The largest absolute Gasteiger partial charge is 0.317 e. The van der Waals surface area contributed by atoms with Gasteiger partial charge in [-0.2, -0.15) is 0 Å². The fraction of sp³-hybridized carbons (Fsp3) is 1.00. The first-order valence-corrected chi connectivity index (χ1v) is 9.52. The summed E-state index contributed by atoms with van der Waals surface area (Å²) >= 11 is 0. The lowest BCUT2D eigenvalue weighted by molar-refractivity contribution is 0.127. The van der Waals surface area contributed by atoms with Crippen LogP contribution in [0.15, 0.2) is 0 Å². The minimum absolute atomic E-state index is 0.0903. The fourth-order valence-corrected chi connectivity index (χ4v) is 6.93. The highest BCUT2D eigenvalue weighted by Gasteiger charge is 2.60. The molecule has 2 bridgehead atoms. The van der Waals surface area contributed by atoms with Crippen LogP contribution in [0.5, 0.6) is 0 Å². The Labute approximate surface area is 123 Å². The second kappa shape index (κ2) is 4.68. The van der Waals surface area contributed by atoms with Gasteiger partial charge in [0.15, 0.2) is 0 Å². The van der Waals surface area contributed by atoms with Gasteiger partial charge in [-0.3, -0.25) is 0 Å². The van der Waals surface area contributed by atoms with Crippen molar-refractivity contribution >= 4 is 10.0 Å². The molecule has 3 fully saturated rings. The van der Waals surface area contributed by atoms with Gasteiger partial charge in [0.2, 0.25) is 10.0 Å². The molecule has 1 heterocycles. The summed E-state index contributed by atoms with van der Waals surface area (Å²) in [6, 6.07) is 0.105. The van der Waals surface area contributed by atoms with Crippen LogP contribution in [0.4, 0.5) is 0 Å². The molecule has 3 atom stereocenters. The van der Waals surface area contributed by atoms with Gasteiger partial charge in [-0.15, -0.1) is 0 Å². The molecule has 116 valence electrons. The van der Waals surface area contributed by atoms with Gasteiger partial charge in [0.25, 0.3) is 0 Å². The van der Waals surface area contributed by atoms with E-state index in [-0.39, 0.29) is 22.1 Å². The number of hydrogen-bond donors (Lipinski definition) is 2. The van der Waals surface area contributed by atoms with E-state index in [4.69, 9.17) is 0 Å². The van der Waals surface area contributed by atoms with Crippen LogP contribution in [0.1, 0.15) is 52.9 Å². The topological polar surface area (TPSA) is 58.2 Å². The first-order chi connectivity index (χ1) is 9.26. The Morgan fingerprint density at radius 1 is 1.10 bits per heavy atom. The molecule has 1 aliphatic heterocycles. The van der Waals surface area contributed by atoms with Crippen LogP contribution < -0.4 is 10.0 Å². The Hall–Kier alpha value is -0.130. The van der Waals surface area contributed by atoms with E-state index in [0.29, 0.717) is 5.92 Å². The summed E-state index contributed by atoms with van der Waals surface area (Å²) in [5.41, 5.74) is 0.251. The Balaban J connectivity index is 1.80. The Morgan fingerprint density at radius 3 is 2.30 bits per heavy atom. The van der Waals surface area contributed by atoms with Crippen molar-refractivity contribution in [2.75, 3.05) is 13.1 Å². The molecule has 3 aliphatic rings. The van der Waals surface area contributed by atoms with Gasteiger partial charge < -0.3 is 5.32 Å². The van der Waals surface area contributed by atoms with E-state index < -0.39 is 10.0 Å². The molecule has 5 heteroatoms. The predicted molar refractivity (Wildman–Crippen MR) is 81.0 cm³/mol. The number of rotatable bonds is 3. The third-order valence-corrected chi connectivity index (χ3v) is 8.19.